The van der Waals surface area contributed by atoms with Crippen molar-refractivity contribution in [2.75, 3.05) is 11.9 Å². The van der Waals surface area contributed by atoms with Crippen LogP contribution in [0.2, 0.25) is 0 Å². The number of aliphatic hydroxyl groups excluding tert-OH is 2. The fourth-order valence-corrected chi connectivity index (χ4v) is 2.83. The number of fused-ring (bicyclic) bond motifs is 1. The van der Waals surface area contributed by atoms with E-state index in [2.05, 4.69) is 26.2 Å². The summed E-state index contributed by atoms with van der Waals surface area (Å²) >= 11 is 0. The van der Waals surface area contributed by atoms with E-state index >= 15 is 0 Å². The molecule has 1 aliphatic rings. The highest BCUT2D eigenvalue weighted by atomic mass is 19.1. The third-order valence-electron chi connectivity index (χ3n) is 4.11. The van der Waals surface area contributed by atoms with Gasteiger partial charge < -0.3 is 19.7 Å². The average Bonchev–Trinajstić information content (AvgIpc) is 3.14. The van der Waals surface area contributed by atoms with Crippen LogP contribution in [0.15, 0.2) is 6.33 Å². The van der Waals surface area contributed by atoms with Crippen molar-refractivity contribution in [2.24, 2.45) is 0 Å². The molecule has 1 fully saturated rings. The maximum Gasteiger partial charge on any atom is 0.413 e. The van der Waals surface area contributed by atoms with Gasteiger partial charge in [-0.3, -0.25) is 9.88 Å². The molecule has 0 saturated carbocycles. The highest BCUT2D eigenvalue weighted by Gasteiger charge is 2.47. The molecule has 2 aromatic rings. The second kappa shape index (κ2) is 6.97. The Balaban J connectivity index is 1.95. The summed E-state index contributed by atoms with van der Waals surface area (Å²) in [5.74, 6) is 2.07. The first-order valence-electron chi connectivity index (χ1n) is 8.43. The molecule has 1 unspecified atom stereocenters. The number of anilines is 1. The van der Waals surface area contributed by atoms with E-state index in [1.165, 1.54) is 10.9 Å². The van der Waals surface area contributed by atoms with Crippen LogP contribution in [-0.4, -0.2) is 59.7 Å². The average molecular weight is 393 g/mol. The van der Waals surface area contributed by atoms with Crippen LogP contribution in [0.25, 0.3) is 11.2 Å². The van der Waals surface area contributed by atoms with Crippen LogP contribution >= 0.6 is 0 Å². The van der Waals surface area contributed by atoms with Gasteiger partial charge in [-0.1, -0.05) is 5.92 Å². The number of nitrogens with zero attached hydrogens (tertiary/aromatic N) is 4. The van der Waals surface area contributed by atoms with Crippen molar-refractivity contribution in [3.05, 3.63) is 12.4 Å². The third-order valence-corrected chi connectivity index (χ3v) is 4.11. The Labute approximate surface area is 159 Å². The predicted molar refractivity (Wildman–Crippen MR) is 94.5 cm³/mol. The Morgan fingerprint density at radius 3 is 2.86 bits per heavy atom. The topological polar surface area (TPSA) is 132 Å². The van der Waals surface area contributed by atoms with Crippen LogP contribution in [0.3, 0.4) is 0 Å². The maximum absolute atomic E-state index is 14.0. The standard InChI is InChI=1S/C17H20FN5O5/c1-5-17(7-24)9(25)6-10(27-17)23-8-19-11-12(20-14(18)22-13(11)23)21-15(26)28-16(2,3)4/h1,8-10,24-25H,6-7H2,2-4H3,(H,20,21,22,26)/t9-,10?,17+/m0/s1. The highest BCUT2D eigenvalue weighted by molar-refractivity contribution is 5.93. The molecule has 0 bridgehead atoms. The molecule has 3 rings (SSSR count). The van der Waals surface area contributed by atoms with Crippen molar-refractivity contribution in [1.82, 2.24) is 19.5 Å². The Morgan fingerprint density at radius 2 is 2.29 bits per heavy atom. The molecule has 0 aromatic carbocycles. The fraction of sp³-hybridized carbons (Fsp3) is 0.529. The van der Waals surface area contributed by atoms with E-state index in [1.54, 1.807) is 20.8 Å². The third kappa shape index (κ3) is 3.62. The number of aromatic nitrogens is 4. The van der Waals surface area contributed by atoms with E-state index in [-0.39, 0.29) is 23.4 Å². The van der Waals surface area contributed by atoms with Gasteiger partial charge in [-0.15, -0.1) is 6.42 Å². The van der Waals surface area contributed by atoms with Crippen LogP contribution in [0, 0.1) is 18.4 Å². The number of carbonyl (C=O) groups excluding carboxylic acids is 1. The predicted octanol–water partition coefficient (Wildman–Crippen LogP) is 0.956. The van der Waals surface area contributed by atoms with Crippen LogP contribution in [0.1, 0.15) is 33.4 Å². The summed E-state index contributed by atoms with van der Waals surface area (Å²) in [4.78, 5) is 23.4. The van der Waals surface area contributed by atoms with Gasteiger partial charge in [-0.25, -0.2) is 9.78 Å². The zero-order chi connectivity index (χ0) is 20.7. The quantitative estimate of drug-likeness (QED) is 0.519. The number of halogens is 1. The van der Waals surface area contributed by atoms with Crippen LogP contribution in [0.4, 0.5) is 15.0 Å². The number of terminal acetylenes is 1. The van der Waals surface area contributed by atoms with Gasteiger partial charge >= 0.3 is 12.2 Å². The van der Waals surface area contributed by atoms with Gasteiger partial charge in [0.1, 0.15) is 17.9 Å². The van der Waals surface area contributed by atoms with Crippen molar-refractivity contribution < 1.29 is 28.9 Å². The Morgan fingerprint density at radius 1 is 1.57 bits per heavy atom. The number of imidazole rings is 1. The molecule has 0 spiro atoms. The molecule has 3 heterocycles. The number of carbonyl (C=O) groups is 1. The van der Waals surface area contributed by atoms with E-state index < -0.39 is 42.3 Å². The lowest BCUT2D eigenvalue weighted by atomic mass is 9.99. The number of amides is 1. The number of rotatable bonds is 3. The van der Waals surface area contributed by atoms with Gasteiger partial charge in [0.05, 0.1) is 12.9 Å². The number of hydrogen-bond donors (Lipinski definition) is 3. The number of ether oxygens (including phenoxy) is 2. The molecule has 3 N–H and O–H groups in total. The lowest BCUT2D eigenvalue weighted by molar-refractivity contribution is -0.0891. The highest BCUT2D eigenvalue weighted by Crippen LogP contribution is 2.37. The van der Waals surface area contributed by atoms with Gasteiger partial charge in [0, 0.05) is 6.42 Å². The fourth-order valence-electron chi connectivity index (χ4n) is 2.83. The molecule has 0 radical (unpaired) electrons. The van der Waals surface area contributed by atoms with Gasteiger partial charge in [-0.05, 0) is 20.8 Å². The van der Waals surface area contributed by atoms with Crippen LogP contribution < -0.4 is 5.32 Å². The minimum Gasteiger partial charge on any atom is -0.444 e. The van der Waals surface area contributed by atoms with E-state index in [9.17, 15) is 19.4 Å². The van der Waals surface area contributed by atoms with Crippen molar-refractivity contribution >= 4 is 23.1 Å². The van der Waals surface area contributed by atoms with Crippen LogP contribution in [-0.2, 0) is 9.47 Å². The molecular formula is C17H20FN5O5. The number of hydrogen-bond acceptors (Lipinski definition) is 8. The Hall–Kier alpha value is -2.81. The molecular weight excluding hydrogens is 373 g/mol. The molecule has 10 nitrogen and oxygen atoms in total. The summed E-state index contributed by atoms with van der Waals surface area (Å²) in [5.41, 5.74) is -2.23. The first-order chi connectivity index (χ1) is 13.1. The Bertz CT molecular complexity index is 950. The maximum atomic E-state index is 14.0. The summed E-state index contributed by atoms with van der Waals surface area (Å²) in [6.07, 6.45) is 2.76. The zero-order valence-electron chi connectivity index (χ0n) is 15.5. The van der Waals surface area contributed by atoms with E-state index in [4.69, 9.17) is 15.9 Å². The molecule has 28 heavy (non-hydrogen) atoms. The van der Waals surface area contributed by atoms with Crippen LogP contribution in [0.5, 0.6) is 0 Å². The number of nitrogens with one attached hydrogen (secondary N) is 1. The van der Waals surface area contributed by atoms with Gasteiger partial charge in [0.15, 0.2) is 22.6 Å². The molecule has 150 valence electrons. The van der Waals surface area contributed by atoms with Gasteiger partial charge in [0.2, 0.25) is 0 Å². The zero-order valence-corrected chi connectivity index (χ0v) is 15.5. The second-order valence-electron chi connectivity index (χ2n) is 7.31. The number of aliphatic hydroxyl groups is 2. The largest absolute Gasteiger partial charge is 0.444 e. The van der Waals surface area contributed by atoms with Crippen molar-refractivity contribution in [3.8, 4) is 12.3 Å². The molecule has 3 atom stereocenters. The minimum atomic E-state index is -1.58. The van der Waals surface area contributed by atoms with Crippen molar-refractivity contribution in [3.63, 3.8) is 0 Å². The molecule has 1 aliphatic heterocycles. The summed E-state index contributed by atoms with van der Waals surface area (Å²) in [7, 11) is 0. The van der Waals surface area contributed by atoms with Crippen molar-refractivity contribution in [2.45, 2.75) is 50.7 Å². The van der Waals surface area contributed by atoms with E-state index in [0.717, 1.165) is 0 Å². The minimum absolute atomic E-state index is 0.0153. The normalized spacial score (nSPS) is 24.9. The first kappa shape index (κ1) is 19.9. The lowest BCUT2D eigenvalue weighted by Gasteiger charge is -2.23. The summed E-state index contributed by atoms with van der Waals surface area (Å²) in [6, 6.07) is 0. The monoisotopic (exact) mass is 393 g/mol. The molecule has 0 aliphatic carbocycles. The first-order valence-corrected chi connectivity index (χ1v) is 8.43. The van der Waals surface area contributed by atoms with Gasteiger partial charge in [-0.2, -0.15) is 14.4 Å². The van der Waals surface area contributed by atoms with Crippen molar-refractivity contribution in [1.29, 1.82) is 0 Å². The summed E-state index contributed by atoms with van der Waals surface area (Å²) in [5, 5.41) is 22.0. The molecule has 2 aromatic heterocycles. The lowest BCUT2D eigenvalue weighted by Crippen LogP contribution is -2.41. The molecule has 1 amide bonds. The SMILES string of the molecule is C#C[C@]1(CO)OC(n2cnc3c(NC(=O)OC(C)(C)C)nc(F)nc32)C[C@@H]1O. The smallest absolute Gasteiger partial charge is 0.413 e. The summed E-state index contributed by atoms with van der Waals surface area (Å²) < 4.78 is 26.1. The molecule has 1 saturated heterocycles. The summed E-state index contributed by atoms with van der Waals surface area (Å²) in [6.45, 7) is 4.44. The van der Waals surface area contributed by atoms with E-state index in [1.807, 2.05) is 0 Å². The van der Waals surface area contributed by atoms with E-state index in [0.29, 0.717) is 0 Å². The second-order valence-corrected chi connectivity index (χ2v) is 7.31. The molecule has 11 heteroatoms. The van der Waals surface area contributed by atoms with Gasteiger partial charge in [0.25, 0.3) is 0 Å². The Kier molecular flexibility index (Phi) is 4.97.